The molecule has 10 heteroatoms. The van der Waals surface area contributed by atoms with E-state index in [4.69, 9.17) is 4.74 Å². The Kier molecular flexibility index (Phi) is 7.03. The Morgan fingerprint density at radius 1 is 1.03 bits per heavy atom. The molecule has 3 heterocycles. The Morgan fingerprint density at radius 2 is 1.86 bits per heavy atom. The van der Waals surface area contributed by atoms with E-state index in [0.717, 1.165) is 57.9 Å². The molecule has 3 aliphatic rings. The third-order valence-electron chi connectivity index (χ3n) is 6.55. The number of benzene rings is 2. The molecule has 35 heavy (non-hydrogen) atoms. The van der Waals surface area contributed by atoms with Crippen molar-refractivity contribution in [1.82, 2.24) is 14.5 Å². The van der Waals surface area contributed by atoms with E-state index in [1.807, 2.05) is 0 Å². The number of sulfonamides is 1. The van der Waals surface area contributed by atoms with Crippen LogP contribution in [0.25, 0.3) is 0 Å². The Bertz CT molecular complexity index is 1220. The van der Waals surface area contributed by atoms with E-state index >= 15 is 0 Å². The van der Waals surface area contributed by atoms with E-state index in [0.29, 0.717) is 24.5 Å². The van der Waals surface area contributed by atoms with Gasteiger partial charge >= 0.3 is 0 Å². The van der Waals surface area contributed by atoms with Gasteiger partial charge in [0.1, 0.15) is 11.6 Å². The van der Waals surface area contributed by atoms with Gasteiger partial charge in [0.05, 0.1) is 18.0 Å². The van der Waals surface area contributed by atoms with Crippen molar-refractivity contribution < 1.29 is 17.9 Å². The minimum Gasteiger partial charge on any atom is -0.493 e. The highest BCUT2D eigenvalue weighted by molar-refractivity contribution is 7.90. The number of ether oxygens (including phenoxy) is 1. The van der Waals surface area contributed by atoms with E-state index in [1.54, 1.807) is 12.1 Å². The van der Waals surface area contributed by atoms with Crippen molar-refractivity contribution >= 4 is 27.5 Å². The first-order valence-corrected chi connectivity index (χ1v) is 13.6. The van der Waals surface area contributed by atoms with E-state index in [1.165, 1.54) is 23.3 Å². The summed E-state index contributed by atoms with van der Waals surface area (Å²) >= 11 is 0. The van der Waals surface area contributed by atoms with Gasteiger partial charge in [-0.3, -0.25) is 24.3 Å². The monoisotopic (exact) mass is 497 g/mol. The van der Waals surface area contributed by atoms with Gasteiger partial charge in [0.15, 0.2) is 0 Å². The fourth-order valence-electron chi connectivity index (χ4n) is 4.68. The minimum absolute atomic E-state index is 0.108. The van der Waals surface area contributed by atoms with Gasteiger partial charge in [-0.2, -0.15) is 0 Å². The highest BCUT2D eigenvalue weighted by Crippen LogP contribution is 2.26. The van der Waals surface area contributed by atoms with Crippen LogP contribution in [0.1, 0.15) is 24.0 Å². The zero-order valence-corrected chi connectivity index (χ0v) is 20.5. The molecule has 0 saturated carbocycles. The number of aliphatic imine (C=N–C) groups is 1. The quantitative estimate of drug-likeness (QED) is 0.605. The topological polar surface area (TPSA) is 103 Å². The Morgan fingerprint density at radius 3 is 2.66 bits per heavy atom. The second-order valence-corrected chi connectivity index (χ2v) is 10.9. The Labute approximate surface area is 206 Å². The number of nitrogens with zero attached hydrogens (tertiary/aromatic N) is 3. The number of fused-ring (bicyclic) bond motifs is 1. The number of carbonyl (C=O) groups is 1. The van der Waals surface area contributed by atoms with Crippen molar-refractivity contribution in [3.05, 3.63) is 53.6 Å². The fourth-order valence-corrected chi connectivity index (χ4v) is 5.82. The predicted octanol–water partition coefficient (Wildman–Crippen LogP) is 1.85. The number of hydrogen-bond acceptors (Lipinski definition) is 7. The summed E-state index contributed by atoms with van der Waals surface area (Å²) in [6, 6.07) is 12.8. The summed E-state index contributed by atoms with van der Waals surface area (Å²) in [5.74, 6) is 1.34. The predicted molar refractivity (Wildman–Crippen MR) is 134 cm³/mol. The smallest absolute Gasteiger partial charge is 0.262 e. The van der Waals surface area contributed by atoms with Crippen LogP contribution in [0.4, 0.5) is 5.69 Å². The zero-order chi connectivity index (χ0) is 24.3. The van der Waals surface area contributed by atoms with Crippen LogP contribution in [0.5, 0.6) is 5.75 Å². The lowest BCUT2D eigenvalue weighted by molar-refractivity contribution is -0.117. The van der Waals surface area contributed by atoms with Crippen molar-refractivity contribution in [1.29, 1.82) is 0 Å². The Hall–Kier alpha value is -2.95. The molecule has 0 atom stereocenters. The molecular formula is C25H31N5O4S. The average molecular weight is 498 g/mol. The van der Waals surface area contributed by atoms with Gasteiger partial charge in [-0.25, -0.2) is 8.42 Å². The first-order valence-electron chi connectivity index (χ1n) is 12.1. The van der Waals surface area contributed by atoms with Gasteiger partial charge in [0, 0.05) is 57.8 Å². The van der Waals surface area contributed by atoms with Gasteiger partial charge in [-0.05, 0) is 41.8 Å². The molecule has 1 amide bonds. The highest BCUT2D eigenvalue weighted by atomic mass is 32.2. The highest BCUT2D eigenvalue weighted by Gasteiger charge is 2.21. The summed E-state index contributed by atoms with van der Waals surface area (Å²) in [6.07, 6.45) is 2.46. The Balaban J connectivity index is 1.10. The van der Waals surface area contributed by atoms with Crippen molar-refractivity contribution in [2.24, 2.45) is 4.99 Å². The van der Waals surface area contributed by atoms with Crippen molar-refractivity contribution in [3.8, 4) is 5.75 Å². The number of hydrogen-bond donors (Lipinski definition) is 2. The van der Waals surface area contributed by atoms with E-state index in [2.05, 4.69) is 43.0 Å². The van der Waals surface area contributed by atoms with Crippen LogP contribution in [0.15, 0.2) is 52.4 Å². The molecule has 0 spiro atoms. The molecule has 1 fully saturated rings. The maximum Gasteiger partial charge on any atom is 0.262 e. The van der Waals surface area contributed by atoms with Crippen LogP contribution in [0, 0.1) is 0 Å². The summed E-state index contributed by atoms with van der Waals surface area (Å²) in [6.45, 7) is 5.99. The maximum absolute atomic E-state index is 12.6. The number of nitrogens with one attached hydrogen (secondary N) is 2. The summed E-state index contributed by atoms with van der Waals surface area (Å²) in [4.78, 5) is 21.4. The second-order valence-electron chi connectivity index (χ2n) is 9.21. The van der Waals surface area contributed by atoms with Gasteiger partial charge < -0.3 is 10.1 Å². The third-order valence-corrected chi connectivity index (χ3v) is 7.93. The van der Waals surface area contributed by atoms with E-state index < -0.39 is 10.0 Å². The number of rotatable bonds is 7. The van der Waals surface area contributed by atoms with E-state index in [9.17, 15) is 13.2 Å². The molecule has 186 valence electrons. The number of anilines is 1. The molecular weight excluding hydrogens is 466 g/mol. The zero-order valence-electron chi connectivity index (χ0n) is 19.7. The van der Waals surface area contributed by atoms with Crippen LogP contribution in [0.2, 0.25) is 0 Å². The number of amidine groups is 1. The number of piperazine rings is 1. The fraction of sp³-hybridized carbons (Fsp3) is 0.440. The summed E-state index contributed by atoms with van der Waals surface area (Å²) < 4.78 is 33.4. The van der Waals surface area contributed by atoms with Crippen molar-refractivity contribution in [2.45, 2.75) is 30.7 Å². The normalized spacial score (nSPS) is 18.6. The molecule has 3 aliphatic heterocycles. The van der Waals surface area contributed by atoms with Gasteiger partial charge in [-0.1, -0.05) is 18.2 Å². The van der Waals surface area contributed by atoms with Crippen LogP contribution < -0.4 is 14.8 Å². The summed E-state index contributed by atoms with van der Waals surface area (Å²) in [5.41, 5.74) is 3.05. The first kappa shape index (κ1) is 23.8. The molecule has 0 aromatic heterocycles. The SMILES string of the molecule is O=C(CN1CCN(Cc2ccc3c(c2)CCO3)CC1)Nc1cccc(S(=O)(=O)NC2=NCCC2)c1. The molecule has 2 aromatic carbocycles. The minimum atomic E-state index is -3.72. The molecule has 2 N–H and O–H groups in total. The molecule has 0 radical (unpaired) electrons. The van der Waals surface area contributed by atoms with E-state index in [-0.39, 0.29) is 17.3 Å². The summed E-state index contributed by atoms with van der Waals surface area (Å²) in [7, 11) is -3.72. The molecule has 2 aromatic rings. The van der Waals surface area contributed by atoms with Crippen LogP contribution in [0.3, 0.4) is 0 Å². The lowest BCUT2D eigenvalue weighted by Gasteiger charge is -2.34. The standard InChI is InChI=1S/C25H31N5O4S/c31-25(27-21-3-1-4-22(16-21)35(32,33)28-24-5-2-9-26-24)18-30-12-10-29(11-13-30)17-19-6-7-23-20(15-19)8-14-34-23/h1,3-4,6-7,15-16H,2,5,8-14,17-18H2,(H,26,28)(H,27,31). The number of carbonyl (C=O) groups excluding carboxylic acids is 1. The van der Waals surface area contributed by atoms with Gasteiger partial charge in [-0.15, -0.1) is 0 Å². The van der Waals surface area contributed by atoms with Crippen molar-refractivity contribution in [3.63, 3.8) is 0 Å². The molecule has 5 rings (SSSR count). The number of amides is 1. The summed E-state index contributed by atoms with van der Waals surface area (Å²) in [5, 5.41) is 2.84. The van der Waals surface area contributed by atoms with Crippen molar-refractivity contribution in [2.75, 3.05) is 51.2 Å². The van der Waals surface area contributed by atoms with Crippen LogP contribution >= 0.6 is 0 Å². The molecule has 1 saturated heterocycles. The van der Waals surface area contributed by atoms with Gasteiger partial charge in [0.2, 0.25) is 5.91 Å². The second kappa shape index (κ2) is 10.3. The molecule has 0 unspecified atom stereocenters. The molecule has 0 bridgehead atoms. The average Bonchev–Trinajstić information content (AvgIpc) is 3.52. The largest absolute Gasteiger partial charge is 0.493 e. The van der Waals surface area contributed by atoms with Crippen LogP contribution in [-0.2, 0) is 27.8 Å². The van der Waals surface area contributed by atoms with Gasteiger partial charge in [0.25, 0.3) is 10.0 Å². The lowest BCUT2D eigenvalue weighted by Crippen LogP contribution is -2.48. The lowest BCUT2D eigenvalue weighted by atomic mass is 10.1. The van der Waals surface area contributed by atoms with Crippen LogP contribution in [-0.4, -0.2) is 75.8 Å². The molecule has 9 nitrogen and oxygen atoms in total. The maximum atomic E-state index is 12.6. The first-order chi connectivity index (χ1) is 16.9. The third kappa shape index (κ3) is 6.01. The molecule has 0 aliphatic carbocycles.